The minimum absolute atomic E-state index is 0.213. The zero-order valence-electron chi connectivity index (χ0n) is 10.2. The average Bonchev–Trinajstić information content (AvgIpc) is 2.39. The Morgan fingerprint density at radius 1 is 1.11 bits per heavy atom. The Balaban J connectivity index is 2.13. The van der Waals surface area contributed by atoms with E-state index in [1.807, 2.05) is 30.3 Å². The molecule has 1 atom stereocenters. The average molecular weight is 244 g/mol. The van der Waals surface area contributed by atoms with E-state index in [0.29, 0.717) is 6.42 Å². The molecule has 94 valence electrons. The highest BCUT2D eigenvalue weighted by Gasteiger charge is 2.09. The molecule has 0 bridgehead atoms. The van der Waals surface area contributed by atoms with Crippen LogP contribution in [0.4, 0.5) is 0 Å². The van der Waals surface area contributed by atoms with Crippen LogP contribution in [-0.4, -0.2) is 17.3 Å². The molecule has 2 N–H and O–H groups in total. The van der Waals surface area contributed by atoms with Gasteiger partial charge in [0.25, 0.3) is 0 Å². The van der Waals surface area contributed by atoms with Gasteiger partial charge >= 0.3 is 0 Å². The molecule has 0 aliphatic rings. The maximum absolute atomic E-state index is 10.1. The van der Waals surface area contributed by atoms with E-state index in [1.54, 1.807) is 25.3 Å². The largest absolute Gasteiger partial charge is 0.508 e. The van der Waals surface area contributed by atoms with Crippen molar-refractivity contribution in [3.63, 3.8) is 0 Å². The van der Waals surface area contributed by atoms with Crippen molar-refractivity contribution >= 4 is 0 Å². The summed E-state index contributed by atoms with van der Waals surface area (Å²) in [4.78, 5) is 0. The molecule has 0 saturated heterocycles. The van der Waals surface area contributed by atoms with E-state index in [2.05, 4.69) is 0 Å². The molecule has 0 heterocycles. The monoisotopic (exact) mass is 244 g/mol. The number of hydrogen-bond acceptors (Lipinski definition) is 3. The van der Waals surface area contributed by atoms with E-state index in [0.717, 1.165) is 16.9 Å². The first-order chi connectivity index (χ1) is 8.69. The molecule has 3 heteroatoms. The molecule has 18 heavy (non-hydrogen) atoms. The van der Waals surface area contributed by atoms with Crippen molar-refractivity contribution in [3.05, 3.63) is 59.7 Å². The van der Waals surface area contributed by atoms with Gasteiger partial charge in [0, 0.05) is 6.42 Å². The second-order valence-electron chi connectivity index (χ2n) is 4.17. The van der Waals surface area contributed by atoms with E-state index in [9.17, 15) is 10.2 Å². The molecule has 0 aliphatic carbocycles. The van der Waals surface area contributed by atoms with Gasteiger partial charge in [0.15, 0.2) is 0 Å². The van der Waals surface area contributed by atoms with Gasteiger partial charge in [-0.3, -0.25) is 0 Å². The predicted molar refractivity (Wildman–Crippen MR) is 69.8 cm³/mol. The summed E-state index contributed by atoms with van der Waals surface area (Å²) in [6, 6.07) is 14.3. The third-order valence-corrected chi connectivity index (χ3v) is 2.82. The first-order valence-corrected chi connectivity index (χ1v) is 5.79. The molecule has 0 fully saturated rings. The van der Waals surface area contributed by atoms with Crippen LogP contribution < -0.4 is 4.74 Å². The van der Waals surface area contributed by atoms with Crippen molar-refractivity contribution in [1.29, 1.82) is 0 Å². The fourth-order valence-corrected chi connectivity index (χ4v) is 1.87. The maximum atomic E-state index is 10.1. The molecule has 2 aromatic carbocycles. The highest BCUT2D eigenvalue weighted by Crippen LogP contribution is 2.23. The first-order valence-electron chi connectivity index (χ1n) is 5.79. The van der Waals surface area contributed by atoms with Crippen LogP contribution in [0.5, 0.6) is 11.5 Å². The van der Waals surface area contributed by atoms with Crippen LogP contribution in [0.15, 0.2) is 48.5 Å². The van der Waals surface area contributed by atoms with E-state index in [1.165, 1.54) is 0 Å². The number of methoxy groups -OCH3 is 1. The van der Waals surface area contributed by atoms with Crippen LogP contribution in [0.25, 0.3) is 0 Å². The summed E-state index contributed by atoms with van der Waals surface area (Å²) in [5, 5.41) is 19.5. The summed E-state index contributed by atoms with van der Waals surface area (Å²) in [5.74, 6) is 0.938. The maximum Gasteiger partial charge on any atom is 0.119 e. The number of aliphatic hydroxyl groups is 1. The highest BCUT2D eigenvalue weighted by molar-refractivity contribution is 5.32. The molecule has 0 spiro atoms. The summed E-state index contributed by atoms with van der Waals surface area (Å²) in [7, 11) is 1.60. The highest BCUT2D eigenvalue weighted by atomic mass is 16.5. The standard InChI is InChI=1S/C15H16O3/c1-18-14-7-3-5-12(10-14)15(17)9-11-4-2-6-13(16)8-11/h2-8,10,15-17H,9H2,1H3. The third-order valence-electron chi connectivity index (χ3n) is 2.82. The Morgan fingerprint density at radius 3 is 2.61 bits per heavy atom. The molecular formula is C15H16O3. The number of phenolic OH excluding ortho intramolecular Hbond substituents is 1. The molecule has 0 saturated carbocycles. The number of phenols is 1. The number of ether oxygens (including phenoxy) is 1. The second-order valence-corrected chi connectivity index (χ2v) is 4.17. The number of aromatic hydroxyl groups is 1. The molecule has 3 nitrogen and oxygen atoms in total. The van der Waals surface area contributed by atoms with Gasteiger partial charge in [-0.15, -0.1) is 0 Å². The molecule has 0 amide bonds. The first kappa shape index (κ1) is 12.5. The van der Waals surface area contributed by atoms with Gasteiger partial charge in [0.2, 0.25) is 0 Å². The van der Waals surface area contributed by atoms with Gasteiger partial charge in [-0.1, -0.05) is 24.3 Å². The third kappa shape index (κ3) is 3.02. The molecule has 2 aromatic rings. The SMILES string of the molecule is COc1cccc(C(O)Cc2cccc(O)c2)c1. The minimum atomic E-state index is -0.609. The minimum Gasteiger partial charge on any atom is -0.508 e. The van der Waals surface area contributed by atoms with Crippen molar-refractivity contribution < 1.29 is 14.9 Å². The number of aliphatic hydroxyl groups excluding tert-OH is 1. The summed E-state index contributed by atoms with van der Waals surface area (Å²) >= 11 is 0. The Labute approximate surface area is 106 Å². The van der Waals surface area contributed by atoms with Gasteiger partial charge in [-0.25, -0.2) is 0 Å². The summed E-state index contributed by atoms with van der Waals surface area (Å²) in [6.45, 7) is 0. The van der Waals surface area contributed by atoms with Gasteiger partial charge in [-0.2, -0.15) is 0 Å². The normalized spacial score (nSPS) is 12.1. The topological polar surface area (TPSA) is 49.7 Å². The predicted octanol–water partition coefficient (Wildman–Crippen LogP) is 2.68. The fourth-order valence-electron chi connectivity index (χ4n) is 1.87. The van der Waals surface area contributed by atoms with Gasteiger partial charge in [0.1, 0.15) is 11.5 Å². The van der Waals surface area contributed by atoms with E-state index in [4.69, 9.17) is 4.74 Å². The van der Waals surface area contributed by atoms with Gasteiger partial charge in [-0.05, 0) is 35.4 Å². The molecule has 0 aliphatic heterocycles. The summed E-state index contributed by atoms with van der Waals surface area (Å²) < 4.78 is 5.12. The lowest BCUT2D eigenvalue weighted by atomic mass is 10.0. The quantitative estimate of drug-likeness (QED) is 0.869. The number of benzene rings is 2. The van der Waals surface area contributed by atoms with Crippen LogP contribution >= 0.6 is 0 Å². The smallest absolute Gasteiger partial charge is 0.119 e. The lowest BCUT2D eigenvalue weighted by Gasteiger charge is -2.12. The Bertz CT molecular complexity index is 523. The number of hydrogen-bond donors (Lipinski definition) is 2. The van der Waals surface area contributed by atoms with Gasteiger partial charge < -0.3 is 14.9 Å². The zero-order valence-corrected chi connectivity index (χ0v) is 10.2. The van der Waals surface area contributed by atoms with Crippen molar-refractivity contribution in [3.8, 4) is 11.5 Å². The van der Waals surface area contributed by atoms with Crippen molar-refractivity contribution in [1.82, 2.24) is 0 Å². The lowest BCUT2D eigenvalue weighted by molar-refractivity contribution is 0.178. The van der Waals surface area contributed by atoms with Crippen LogP contribution in [0.1, 0.15) is 17.2 Å². The fraction of sp³-hybridized carbons (Fsp3) is 0.200. The van der Waals surface area contributed by atoms with E-state index in [-0.39, 0.29) is 5.75 Å². The Kier molecular flexibility index (Phi) is 3.85. The van der Waals surface area contributed by atoms with E-state index >= 15 is 0 Å². The summed E-state index contributed by atoms with van der Waals surface area (Å²) in [5.41, 5.74) is 1.70. The Hall–Kier alpha value is -2.00. The van der Waals surface area contributed by atoms with Crippen molar-refractivity contribution in [2.24, 2.45) is 0 Å². The van der Waals surface area contributed by atoms with Crippen LogP contribution in [0.2, 0.25) is 0 Å². The molecule has 1 unspecified atom stereocenters. The molecule has 0 aromatic heterocycles. The van der Waals surface area contributed by atoms with Crippen LogP contribution in [0.3, 0.4) is 0 Å². The van der Waals surface area contributed by atoms with Crippen molar-refractivity contribution in [2.45, 2.75) is 12.5 Å². The Morgan fingerprint density at radius 2 is 1.89 bits per heavy atom. The number of rotatable bonds is 4. The van der Waals surface area contributed by atoms with Crippen LogP contribution in [-0.2, 0) is 6.42 Å². The lowest BCUT2D eigenvalue weighted by Crippen LogP contribution is -2.02. The summed E-state index contributed by atoms with van der Waals surface area (Å²) in [6.07, 6.45) is -0.149. The molecule has 0 radical (unpaired) electrons. The molecular weight excluding hydrogens is 228 g/mol. The van der Waals surface area contributed by atoms with Gasteiger partial charge in [0.05, 0.1) is 13.2 Å². The van der Waals surface area contributed by atoms with Crippen molar-refractivity contribution in [2.75, 3.05) is 7.11 Å². The van der Waals surface area contributed by atoms with E-state index < -0.39 is 6.10 Å². The van der Waals surface area contributed by atoms with Crippen LogP contribution in [0, 0.1) is 0 Å². The zero-order chi connectivity index (χ0) is 13.0. The molecule has 2 rings (SSSR count). The second kappa shape index (κ2) is 5.56.